The molecule has 0 fully saturated rings. The van der Waals surface area contributed by atoms with Crippen molar-refractivity contribution in [3.05, 3.63) is 176 Å². The van der Waals surface area contributed by atoms with E-state index in [-0.39, 0.29) is 0 Å². The van der Waals surface area contributed by atoms with Crippen molar-refractivity contribution in [3.8, 4) is 28.3 Å². The third-order valence-corrected chi connectivity index (χ3v) is 12.5. The standard InChI is InChI=1S/C54H29N3O2/c1-2-12-30(13-3-1)52-39-26-27-46-50(38-17-7-9-22-44(38)59-46)53(39)56-54(55-52)57-41-20-10-19-35-40-28-32(33-18-11-23-45-47(33)37-16-6-8-21-43(37)58-45)24-25-36(40)48-34-15-5-4-14-31(34)29-42(57)51(48)49(35)41/h1-29H. The first-order chi connectivity index (χ1) is 29.3. The van der Waals surface area contributed by atoms with E-state index in [0.717, 1.165) is 88.2 Å². The van der Waals surface area contributed by atoms with Gasteiger partial charge >= 0.3 is 0 Å². The highest BCUT2D eigenvalue weighted by molar-refractivity contribution is 6.39. The van der Waals surface area contributed by atoms with Gasteiger partial charge in [-0.15, -0.1) is 0 Å². The summed E-state index contributed by atoms with van der Waals surface area (Å²) in [4.78, 5) is 11.1. The molecular weight excluding hydrogens is 723 g/mol. The number of benzene rings is 10. The van der Waals surface area contributed by atoms with Crippen LogP contribution in [0.1, 0.15) is 0 Å². The van der Waals surface area contributed by atoms with E-state index in [1.54, 1.807) is 0 Å². The number of furan rings is 2. The molecule has 5 nitrogen and oxygen atoms in total. The summed E-state index contributed by atoms with van der Waals surface area (Å²) in [5, 5.41) is 14.9. The van der Waals surface area contributed by atoms with E-state index in [4.69, 9.17) is 18.8 Å². The van der Waals surface area contributed by atoms with E-state index in [2.05, 4.69) is 150 Å². The first-order valence-corrected chi connectivity index (χ1v) is 20.0. The van der Waals surface area contributed by atoms with Gasteiger partial charge in [-0.3, -0.25) is 4.57 Å². The van der Waals surface area contributed by atoms with Crippen LogP contribution in [0.2, 0.25) is 0 Å². The maximum Gasteiger partial charge on any atom is 0.235 e. The monoisotopic (exact) mass is 751 g/mol. The Bertz CT molecular complexity index is 4080. The van der Waals surface area contributed by atoms with Crippen LogP contribution in [0.4, 0.5) is 0 Å². The minimum atomic E-state index is 0.623. The topological polar surface area (TPSA) is 57.0 Å². The lowest BCUT2D eigenvalue weighted by atomic mass is 9.89. The number of aromatic nitrogens is 3. The summed E-state index contributed by atoms with van der Waals surface area (Å²) in [6.07, 6.45) is 0. The zero-order valence-corrected chi connectivity index (χ0v) is 31.4. The molecule has 0 aliphatic rings. The van der Waals surface area contributed by atoms with Crippen LogP contribution in [0.5, 0.6) is 0 Å². The molecule has 4 aromatic heterocycles. The molecule has 0 saturated carbocycles. The molecule has 10 aromatic carbocycles. The lowest BCUT2D eigenvalue weighted by Crippen LogP contribution is -2.03. The van der Waals surface area contributed by atoms with Gasteiger partial charge in [0.15, 0.2) is 0 Å². The Kier molecular flexibility index (Phi) is 5.96. The molecule has 0 unspecified atom stereocenters. The molecule has 14 aromatic rings. The van der Waals surface area contributed by atoms with Crippen LogP contribution < -0.4 is 0 Å². The van der Waals surface area contributed by atoms with Gasteiger partial charge in [-0.05, 0) is 86.6 Å². The molecule has 0 bridgehead atoms. The first-order valence-electron chi connectivity index (χ1n) is 20.0. The SMILES string of the molecule is c1ccc(-c2nc(-n3c4cccc5c6cc(-c7cccc8oc9ccccc9c78)ccc6c6c7ccccc7cc3c6c54)nc3c2ccc2oc4ccccc4c23)cc1. The second-order valence-corrected chi connectivity index (χ2v) is 15.6. The average Bonchev–Trinajstić information content (AvgIpc) is 3.98. The Morgan fingerprint density at radius 1 is 0.356 bits per heavy atom. The third-order valence-electron chi connectivity index (χ3n) is 12.5. The maximum absolute atomic E-state index is 6.41. The number of hydrogen-bond donors (Lipinski definition) is 0. The molecule has 5 heteroatoms. The van der Waals surface area contributed by atoms with Crippen LogP contribution in [0.3, 0.4) is 0 Å². The average molecular weight is 752 g/mol. The van der Waals surface area contributed by atoms with Crippen LogP contribution in [0, 0.1) is 0 Å². The largest absolute Gasteiger partial charge is 0.456 e. The van der Waals surface area contributed by atoms with E-state index in [9.17, 15) is 0 Å². The number of fused-ring (bicyclic) bond motifs is 13. The van der Waals surface area contributed by atoms with E-state index in [0.29, 0.717) is 5.95 Å². The van der Waals surface area contributed by atoms with Crippen molar-refractivity contribution < 1.29 is 8.83 Å². The molecule has 0 saturated heterocycles. The van der Waals surface area contributed by atoms with Crippen LogP contribution in [-0.4, -0.2) is 14.5 Å². The highest BCUT2D eigenvalue weighted by Crippen LogP contribution is 2.48. The predicted molar refractivity (Wildman–Crippen MR) is 243 cm³/mol. The van der Waals surface area contributed by atoms with Crippen molar-refractivity contribution in [1.29, 1.82) is 0 Å². The van der Waals surface area contributed by atoms with Crippen molar-refractivity contribution in [2.24, 2.45) is 0 Å². The second-order valence-electron chi connectivity index (χ2n) is 15.6. The Morgan fingerprint density at radius 3 is 1.86 bits per heavy atom. The summed E-state index contributed by atoms with van der Waals surface area (Å²) in [6.45, 7) is 0. The third kappa shape index (κ3) is 4.13. The van der Waals surface area contributed by atoms with Gasteiger partial charge in [-0.2, -0.15) is 0 Å². The molecule has 4 heterocycles. The summed E-state index contributed by atoms with van der Waals surface area (Å²) in [5.41, 5.74) is 10.7. The van der Waals surface area contributed by atoms with E-state index in [1.165, 1.54) is 43.1 Å². The van der Waals surface area contributed by atoms with E-state index < -0.39 is 0 Å². The Balaban J connectivity index is 1.14. The second kappa shape index (κ2) is 11.3. The molecule has 0 N–H and O–H groups in total. The summed E-state index contributed by atoms with van der Waals surface area (Å²) in [6, 6.07) is 62.3. The minimum absolute atomic E-state index is 0.623. The van der Waals surface area contributed by atoms with Gasteiger partial charge in [0.25, 0.3) is 0 Å². The minimum Gasteiger partial charge on any atom is -0.456 e. The Labute approximate surface area is 335 Å². The maximum atomic E-state index is 6.41. The van der Waals surface area contributed by atoms with Gasteiger partial charge in [0.05, 0.1) is 27.6 Å². The molecule has 59 heavy (non-hydrogen) atoms. The van der Waals surface area contributed by atoms with Crippen molar-refractivity contribution >= 4 is 109 Å². The van der Waals surface area contributed by atoms with Gasteiger partial charge in [-0.1, -0.05) is 127 Å². The van der Waals surface area contributed by atoms with Gasteiger partial charge in [0.2, 0.25) is 5.95 Å². The van der Waals surface area contributed by atoms with Crippen LogP contribution in [0.15, 0.2) is 185 Å². The fraction of sp³-hybridized carbons (Fsp3) is 0. The molecule has 0 amide bonds. The highest BCUT2D eigenvalue weighted by Gasteiger charge is 2.25. The highest BCUT2D eigenvalue weighted by atomic mass is 16.3. The zero-order chi connectivity index (χ0) is 38.3. The lowest BCUT2D eigenvalue weighted by Gasteiger charge is -2.14. The number of para-hydroxylation sites is 2. The molecule has 0 aliphatic heterocycles. The Morgan fingerprint density at radius 2 is 1.02 bits per heavy atom. The predicted octanol–water partition coefficient (Wildman–Crippen LogP) is 14.8. The van der Waals surface area contributed by atoms with Crippen LogP contribution in [0.25, 0.3) is 137 Å². The quantitative estimate of drug-likeness (QED) is 0.169. The summed E-state index contributed by atoms with van der Waals surface area (Å²) >= 11 is 0. The lowest BCUT2D eigenvalue weighted by molar-refractivity contribution is 0.668. The van der Waals surface area contributed by atoms with Gasteiger partial charge in [0.1, 0.15) is 22.3 Å². The van der Waals surface area contributed by atoms with Crippen molar-refractivity contribution in [2.45, 2.75) is 0 Å². The van der Waals surface area contributed by atoms with Crippen molar-refractivity contribution in [1.82, 2.24) is 14.5 Å². The molecule has 272 valence electrons. The normalized spacial score (nSPS) is 12.4. The summed E-state index contributed by atoms with van der Waals surface area (Å²) in [7, 11) is 0. The van der Waals surface area contributed by atoms with Gasteiger partial charge in [0, 0.05) is 43.3 Å². The van der Waals surface area contributed by atoms with E-state index in [1.807, 2.05) is 30.3 Å². The fourth-order valence-corrected chi connectivity index (χ4v) is 10.1. The van der Waals surface area contributed by atoms with Gasteiger partial charge < -0.3 is 8.83 Å². The van der Waals surface area contributed by atoms with E-state index >= 15 is 0 Å². The number of hydrogen-bond acceptors (Lipinski definition) is 4. The zero-order valence-electron chi connectivity index (χ0n) is 31.4. The van der Waals surface area contributed by atoms with Crippen LogP contribution in [-0.2, 0) is 0 Å². The smallest absolute Gasteiger partial charge is 0.235 e. The molecule has 0 aliphatic carbocycles. The molecule has 0 spiro atoms. The molecule has 0 atom stereocenters. The fourth-order valence-electron chi connectivity index (χ4n) is 10.1. The molecule has 14 rings (SSSR count). The van der Waals surface area contributed by atoms with Gasteiger partial charge in [-0.25, -0.2) is 9.97 Å². The Hall–Kier alpha value is -8.02. The first kappa shape index (κ1) is 31.1. The number of rotatable bonds is 3. The molecular formula is C54H29N3O2. The summed E-state index contributed by atoms with van der Waals surface area (Å²) in [5.74, 6) is 0.623. The summed E-state index contributed by atoms with van der Waals surface area (Å²) < 4.78 is 15.0. The van der Waals surface area contributed by atoms with Crippen LogP contribution >= 0.6 is 0 Å². The van der Waals surface area contributed by atoms with Crippen molar-refractivity contribution in [2.75, 3.05) is 0 Å². The number of nitrogens with zero attached hydrogens (tertiary/aromatic N) is 3. The van der Waals surface area contributed by atoms with Crippen molar-refractivity contribution in [3.63, 3.8) is 0 Å². The molecule has 0 radical (unpaired) electrons.